The fraction of sp³-hybridized carbons (Fsp3) is 0.0667. The van der Waals surface area contributed by atoms with E-state index in [2.05, 4.69) is 18.2 Å². The van der Waals surface area contributed by atoms with Crippen LogP contribution >= 0.6 is 0 Å². The first-order valence-electron chi connectivity index (χ1n) is 5.32. The van der Waals surface area contributed by atoms with Gasteiger partial charge in [-0.15, -0.1) is 0 Å². The van der Waals surface area contributed by atoms with Gasteiger partial charge in [0.05, 0.1) is 0 Å². The second kappa shape index (κ2) is 7.30. The molecule has 0 unspecified atom stereocenters. The minimum absolute atomic E-state index is 1.14. The van der Waals surface area contributed by atoms with Gasteiger partial charge in [-0.2, -0.15) is 0 Å². The Labute approximate surface area is 97.3 Å². The van der Waals surface area contributed by atoms with Gasteiger partial charge in [0.1, 0.15) is 0 Å². The van der Waals surface area contributed by atoms with Crippen LogP contribution in [0.5, 0.6) is 0 Å². The Balaban J connectivity index is 2.97. The van der Waals surface area contributed by atoms with Crippen molar-refractivity contribution < 1.29 is 0 Å². The largest absolute Gasteiger partial charge is 0.405 e. The predicted molar refractivity (Wildman–Crippen MR) is 71.7 cm³/mol. The van der Waals surface area contributed by atoms with Crippen LogP contribution < -0.4 is 5.73 Å². The molecule has 0 aliphatic carbocycles. The lowest BCUT2D eigenvalue weighted by molar-refractivity contribution is 1.58. The molecule has 0 atom stereocenters. The van der Waals surface area contributed by atoms with Crippen molar-refractivity contribution in [1.82, 2.24) is 0 Å². The minimum Gasteiger partial charge on any atom is -0.405 e. The third-order valence-electron chi connectivity index (χ3n) is 2.07. The van der Waals surface area contributed by atoms with Gasteiger partial charge in [0.25, 0.3) is 0 Å². The lowest BCUT2D eigenvalue weighted by Gasteiger charge is -2.00. The Morgan fingerprint density at radius 3 is 2.44 bits per heavy atom. The molecule has 0 aliphatic heterocycles. The summed E-state index contributed by atoms with van der Waals surface area (Å²) in [5.41, 5.74) is 7.67. The maximum absolute atomic E-state index is 5.35. The van der Waals surface area contributed by atoms with E-state index in [0.717, 1.165) is 5.57 Å². The van der Waals surface area contributed by atoms with Gasteiger partial charge in [0.15, 0.2) is 0 Å². The van der Waals surface area contributed by atoms with Crippen LogP contribution in [0.15, 0.2) is 73.0 Å². The van der Waals surface area contributed by atoms with Gasteiger partial charge in [0.2, 0.25) is 0 Å². The topological polar surface area (TPSA) is 26.0 Å². The highest BCUT2D eigenvalue weighted by Gasteiger charge is 1.93. The Morgan fingerprint density at radius 2 is 1.81 bits per heavy atom. The molecule has 0 spiro atoms. The van der Waals surface area contributed by atoms with E-state index in [0.29, 0.717) is 0 Å². The standard InChI is InChI=1S/C15H17N/c1-2-3-5-9-15(12-8-13-16)14-10-6-4-7-11-14/h2-13H,16H2,1H3/b3-2-,9-5-,13-8+,15-12+. The zero-order valence-electron chi connectivity index (χ0n) is 9.51. The molecule has 0 aliphatic rings. The number of hydrogen-bond acceptors (Lipinski definition) is 1. The average Bonchev–Trinajstić information content (AvgIpc) is 2.35. The lowest BCUT2D eigenvalue weighted by atomic mass is 10.1. The highest BCUT2D eigenvalue weighted by Crippen LogP contribution is 2.15. The normalized spacial score (nSPS) is 13.2. The van der Waals surface area contributed by atoms with Crippen LogP contribution in [0.3, 0.4) is 0 Å². The molecule has 16 heavy (non-hydrogen) atoms. The van der Waals surface area contributed by atoms with Crippen LogP contribution in [-0.4, -0.2) is 0 Å². The molecule has 0 amide bonds. The van der Waals surface area contributed by atoms with E-state index in [-0.39, 0.29) is 0 Å². The maximum Gasteiger partial charge on any atom is -0.00622 e. The van der Waals surface area contributed by atoms with E-state index in [4.69, 9.17) is 5.73 Å². The van der Waals surface area contributed by atoms with E-state index in [1.807, 2.05) is 55.5 Å². The quantitative estimate of drug-likeness (QED) is 0.755. The van der Waals surface area contributed by atoms with Crippen LogP contribution in [0.2, 0.25) is 0 Å². The first-order valence-corrected chi connectivity index (χ1v) is 5.32. The molecule has 0 fully saturated rings. The Hall–Kier alpha value is -2.02. The molecule has 1 rings (SSSR count). The van der Waals surface area contributed by atoms with Gasteiger partial charge >= 0.3 is 0 Å². The van der Waals surface area contributed by atoms with Crippen molar-refractivity contribution >= 4 is 5.57 Å². The van der Waals surface area contributed by atoms with Crippen molar-refractivity contribution in [2.45, 2.75) is 6.92 Å². The molecule has 0 aromatic heterocycles. The minimum atomic E-state index is 1.14. The number of hydrogen-bond donors (Lipinski definition) is 1. The SMILES string of the molecule is C\C=C/C=C\C(=C/C=C/N)c1ccccc1. The third kappa shape index (κ3) is 4.01. The number of nitrogens with two attached hydrogens (primary N) is 1. The second-order valence-electron chi connectivity index (χ2n) is 3.26. The molecule has 1 heteroatoms. The molecule has 0 radical (unpaired) electrons. The summed E-state index contributed by atoms with van der Waals surface area (Å²) in [6, 6.07) is 10.2. The Kier molecular flexibility index (Phi) is 5.49. The van der Waals surface area contributed by atoms with Crippen LogP contribution in [-0.2, 0) is 0 Å². The molecule has 0 saturated heterocycles. The van der Waals surface area contributed by atoms with Crippen molar-refractivity contribution in [3.63, 3.8) is 0 Å². The molecule has 0 heterocycles. The highest BCUT2D eigenvalue weighted by atomic mass is 14.5. The third-order valence-corrected chi connectivity index (χ3v) is 2.07. The number of rotatable bonds is 4. The van der Waals surface area contributed by atoms with E-state index in [9.17, 15) is 0 Å². The summed E-state index contributed by atoms with van der Waals surface area (Å²) in [6.07, 6.45) is 13.4. The second-order valence-corrected chi connectivity index (χ2v) is 3.26. The highest BCUT2D eigenvalue weighted by molar-refractivity contribution is 5.75. The van der Waals surface area contributed by atoms with Gasteiger partial charge in [-0.25, -0.2) is 0 Å². The zero-order chi connectivity index (χ0) is 11.6. The monoisotopic (exact) mass is 211 g/mol. The number of allylic oxidation sites excluding steroid dienone is 7. The smallest absolute Gasteiger partial charge is 0.00622 e. The fourth-order valence-corrected chi connectivity index (χ4v) is 1.31. The van der Waals surface area contributed by atoms with Gasteiger partial charge in [-0.3, -0.25) is 0 Å². The Morgan fingerprint density at radius 1 is 1.06 bits per heavy atom. The van der Waals surface area contributed by atoms with Gasteiger partial charge < -0.3 is 5.73 Å². The van der Waals surface area contributed by atoms with E-state index in [1.165, 1.54) is 11.8 Å². The molecule has 1 nitrogen and oxygen atoms in total. The maximum atomic E-state index is 5.35. The van der Waals surface area contributed by atoms with Crippen molar-refractivity contribution in [1.29, 1.82) is 0 Å². The van der Waals surface area contributed by atoms with Crippen LogP contribution in [0, 0.1) is 0 Å². The van der Waals surface area contributed by atoms with Crippen molar-refractivity contribution in [3.05, 3.63) is 78.6 Å². The van der Waals surface area contributed by atoms with Crippen molar-refractivity contribution in [3.8, 4) is 0 Å². The first-order chi connectivity index (χ1) is 7.88. The van der Waals surface area contributed by atoms with Gasteiger partial charge in [-0.05, 0) is 30.3 Å². The summed E-state index contributed by atoms with van der Waals surface area (Å²) in [5, 5.41) is 0. The predicted octanol–water partition coefficient (Wildman–Crippen LogP) is 3.67. The molecule has 0 bridgehead atoms. The molecule has 1 aromatic rings. The van der Waals surface area contributed by atoms with Gasteiger partial charge in [-0.1, -0.05) is 60.7 Å². The van der Waals surface area contributed by atoms with E-state index < -0.39 is 0 Å². The summed E-state index contributed by atoms with van der Waals surface area (Å²) in [6.45, 7) is 2.00. The molecule has 0 saturated carbocycles. The van der Waals surface area contributed by atoms with E-state index in [1.54, 1.807) is 0 Å². The van der Waals surface area contributed by atoms with Crippen molar-refractivity contribution in [2.75, 3.05) is 0 Å². The summed E-state index contributed by atoms with van der Waals surface area (Å²) >= 11 is 0. The Bertz CT molecular complexity index is 408. The summed E-state index contributed by atoms with van der Waals surface area (Å²) in [7, 11) is 0. The summed E-state index contributed by atoms with van der Waals surface area (Å²) in [5.74, 6) is 0. The molecule has 1 aromatic carbocycles. The average molecular weight is 211 g/mol. The zero-order valence-corrected chi connectivity index (χ0v) is 9.51. The van der Waals surface area contributed by atoms with Crippen LogP contribution in [0.1, 0.15) is 12.5 Å². The first kappa shape index (κ1) is 12.1. The molecule has 2 N–H and O–H groups in total. The van der Waals surface area contributed by atoms with Crippen LogP contribution in [0.25, 0.3) is 5.57 Å². The molecule has 82 valence electrons. The van der Waals surface area contributed by atoms with Gasteiger partial charge in [0, 0.05) is 0 Å². The number of benzene rings is 1. The van der Waals surface area contributed by atoms with E-state index >= 15 is 0 Å². The van der Waals surface area contributed by atoms with Crippen molar-refractivity contribution in [2.24, 2.45) is 5.73 Å². The molecular weight excluding hydrogens is 194 g/mol. The fourth-order valence-electron chi connectivity index (χ4n) is 1.31. The molecular formula is C15H17N. The lowest BCUT2D eigenvalue weighted by Crippen LogP contribution is -1.80. The summed E-state index contributed by atoms with van der Waals surface area (Å²) in [4.78, 5) is 0. The summed E-state index contributed by atoms with van der Waals surface area (Å²) < 4.78 is 0. The van der Waals surface area contributed by atoms with Crippen LogP contribution in [0.4, 0.5) is 0 Å².